The van der Waals surface area contributed by atoms with E-state index >= 15 is 0 Å². The summed E-state index contributed by atoms with van der Waals surface area (Å²) in [4.78, 5) is 0. The van der Waals surface area contributed by atoms with Gasteiger partial charge in [0.1, 0.15) is 0 Å². The quantitative estimate of drug-likeness (QED) is 0.735. The summed E-state index contributed by atoms with van der Waals surface area (Å²) in [5, 5.41) is 5.33. The van der Waals surface area contributed by atoms with E-state index < -0.39 is 0 Å². The van der Waals surface area contributed by atoms with Crippen LogP contribution >= 0.6 is 0 Å². The summed E-state index contributed by atoms with van der Waals surface area (Å²) in [5.74, 6) is 0.527. The monoisotopic (exact) mass is 189 g/mol. The minimum atomic E-state index is 0.527. The molecule has 0 fully saturated rings. The Morgan fingerprint density at radius 1 is 1.21 bits per heavy atom. The van der Waals surface area contributed by atoms with Crippen LogP contribution in [0.15, 0.2) is 28.8 Å². The van der Waals surface area contributed by atoms with Crippen LogP contribution in [0.4, 0.5) is 0 Å². The predicted octanol–water partition coefficient (Wildman–Crippen LogP) is 3.73. The number of rotatable bonds is 3. The highest BCUT2D eigenvalue weighted by Crippen LogP contribution is 2.28. The Morgan fingerprint density at radius 2 is 1.93 bits per heavy atom. The smallest absolute Gasteiger partial charge is 0.167 e. The molecule has 0 spiro atoms. The van der Waals surface area contributed by atoms with E-state index in [1.54, 1.807) is 0 Å². The van der Waals surface area contributed by atoms with Gasteiger partial charge in [-0.15, -0.1) is 0 Å². The average Bonchev–Trinajstić information content (AvgIpc) is 2.65. The fourth-order valence-electron chi connectivity index (χ4n) is 1.88. The van der Waals surface area contributed by atoms with Crippen molar-refractivity contribution in [3.8, 4) is 0 Å². The molecule has 2 heteroatoms. The molecule has 0 saturated carbocycles. The molecule has 0 radical (unpaired) electrons. The second-order valence-electron chi connectivity index (χ2n) is 3.58. The van der Waals surface area contributed by atoms with Crippen LogP contribution in [-0.4, -0.2) is 5.16 Å². The van der Waals surface area contributed by atoms with Crippen LogP contribution in [0.3, 0.4) is 0 Å². The van der Waals surface area contributed by atoms with Gasteiger partial charge in [0.2, 0.25) is 0 Å². The minimum Gasteiger partial charge on any atom is -0.356 e. The van der Waals surface area contributed by atoms with E-state index in [9.17, 15) is 0 Å². The molecular weight excluding hydrogens is 174 g/mol. The third-order valence-corrected chi connectivity index (χ3v) is 2.78. The lowest BCUT2D eigenvalue weighted by Crippen LogP contribution is -1.95. The van der Waals surface area contributed by atoms with Gasteiger partial charge in [-0.25, -0.2) is 0 Å². The molecular formula is C12H15NO. The molecule has 74 valence electrons. The summed E-state index contributed by atoms with van der Waals surface area (Å²) in [6.45, 7) is 4.38. The van der Waals surface area contributed by atoms with Crippen molar-refractivity contribution in [1.29, 1.82) is 0 Å². The summed E-state index contributed by atoms with van der Waals surface area (Å²) in [5.41, 5.74) is 2.01. The van der Waals surface area contributed by atoms with Gasteiger partial charge >= 0.3 is 0 Å². The summed E-state index contributed by atoms with van der Waals surface area (Å²) in [6.07, 6.45) is 2.24. The fourth-order valence-corrected chi connectivity index (χ4v) is 1.88. The Balaban J connectivity index is 2.51. The largest absolute Gasteiger partial charge is 0.356 e. The first-order chi connectivity index (χ1) is 6.86. The number of aromatic nitrogens is 1. The molecule has 0 aliphatic carbocycles. The lowest BCUT2D eigenvalue weighted by Gasteiger charge is -2.07. The Labute approximate surface area is 83.9 Å². The molecule has 0 aliphatic heterocycles. The van der Waals surface area contributed by atoms with E-state index in [-0.39, 0.29) is 0 Å². The third-order valence-electron chi connectivity index (χ3n) is 2.78. The van der Waals surface area contributed by atoms with Crippen molar-refractivity contribution in [2.45, 2.75) is 32.6 Å². The molecule has 2 nitrogen and oxygen atoms in total. The molecule has 0 N–H and O–H groups in total. The Kier molecular flexibility index (Phi) is 2.53. The van der Waals surface area contributed by atoms with Crippen molar-refractivity contribution >= 4 is 11.0 Å². The van der Waals surface area contributed by atoms with Gasteiger partial charge in [0.05, 0.1) is 5.69 Å². The van der Waals surface area contributed by atoms with Gasteiger partial charge in [-0.1, -0.05) is 31.1 Å². The van der Waals surface area contributed by atoms with Crippen molar-refractivity contribution in [3.63, 3.8) is 0 Å². The maximum atomic E-state index is 5.28. The number of hydrogen-bond acceptors (Lipinski definition) is 2. The van der Waals surface area contributed by atoms with Gasteiger partial charge in [0.15, 0.2) is 5.58 Å². The molecule has 2 aromatic rings. The number of hydrogen-bond donors (Lipinski definition) is 0. The number of para-hydroxylation sites is 1. The number of benzene rings is 1. The molecule has 0 amide bonds. The maximum absolute atomic E-state index is 5.28. The van der Waals surface area contributed by atoms with Crippen LogP contribution in [0.5, 0.6) is 0 Å². The van der Waals surface area contributed by atoms with Crippen LogP contribution in [0.1, 0.15) is 38.3 Å². The molecule has 0 atom stereocenters. The molecule has 0 aliphatic rings. The van der Waals surface area contributed by atoms with E-state index in [1.807, 2.05) is 18.2 Å². The lowest BCUT2D eigenvalue weighted by molar-refractivity contribution is 0.432. The van der Waals surface area contributed by atoms with Crippen molar-refractivity contribution in [2.24, 2.45) is 0 Å². The topological polar surface area (TPSA) is 26.0 Å². The standard InChI is InChI=1S/C12H15NO/c1-3-9(4-2)12-10-7-5-6-8-11(10)14-13-12/h5-9H,3-4H2,1-2H3. The normalized spacial score (nSPS) is 11.4. The molecule has 0 saturated heterocycles. The minimum absolute atomic E-state index is 0.527. The van der Waals surface area contributed by atoms with Crippen molar-refractivity contribution in [3.05, 3.63) is 30.0 Å². The summed E-state index contributed by atoms with van der Waals surface area (Å²) < 4.78 is 5.28. The van der Waals surface area contributed by atoms with Crippen LogP contribution in [0.25, 0.3) is 11.0 Å². The van der Waals surface area contributed by atoms with Crippen molar-refractivity contribution < 1.29 is 4.52 Å². The van der Waals surface area contributed by atoms with E-state index in [4.69, 9.17) is 4.52 Å². The van der Waals surface area contributed by atoms with Gasteiger partial charge in [0.25, 0.3) is 0 Å². The SMILES string of the molecule is CCC(CC)c1noc2ccccc12. The van der Waals surface area contributed by atoms with Crippen molar-refractivity contribution in [1.82, 2.24) is 5.16 Å². The number of fused-ring (bicyclic) bond motifs is 1. The number of nitrogens with zero attached hydrogens (tertiary/aromatic N) is 1. The highest BCUT2D eigenvalue weighted by Gasteiger charge is 2.15. The van der Waals surface area contributed by atoms with Gasteiger partial charge in [-0.3, -0.25) is 0 Å². The van der Waals surface area contributed by atoms with Gasteiger partial charge in [0, 0.05) is 11.3 Å². The maximum Gasteiger partial charge on any atom is 0.167 e. The molecule has 14 heavy (non-hydrogen) atoms. The Morgan fingerprint density at radius 3 is 2.64 bits per heavy atom. The Bertz CT molecular complexity index is 415. The second-order valence-corrected chi connectivity index (χ2v) is 3.58. The lowest BCUT2D eigenvalue weighted by atomic mass is 9.97. The molecule has 0 unspecified atom stereocenters. The molecule has 0 bridgehead atoms. The van der Waals surface area contributed by atoms with Crippen LogP contribution in [0, 0.1) is 0 Å². The Hall–Kier alpha value is -1.31. The molecule has 1 aromatic heterocycles. The van der Waals surface area contributed by atoms with Gasteiger partial charge in [-0.05, 0) is 25.0 Å². The first-order valence-electron chi connectivity index (χ1n) is 5.21. The molecule has 1 heterocycles. The third kappa shape index (κ3) is 1.41. The summed E-state index contributed by atoms with van der Waals surface area (Å²) in [6, 6.07) is 8.06. The van der Waals surface area contributed by atoms with Crippen LogP contribution in [0.2, 0.25) is 0 Å². The van der Waals surface area contributed by atoms with Gasteiger partial charge in [-0.2, -0.15) is 0 Å². The van der Waals surface area contributed by atoms with E-state index in [0.717, 1.165) is 24.1 Å². The predicted molar refractivity (Wildman–Crippen MR) is 57.3 cm³/mol. The molecule has 1 aromatic carbocycles. The van der Waals surface area contributed by atoms with Gasteiger partial charge < -0.3 is 4.52 Å². The second kappa shape index (κ2) is 3.82. The fraction of sp³-hybridized carbons (Fsp3) is 0.417. The average molecular weight is 189 g/mol. The summed E-state index contributed by atoms with van der Waals surface area (Å²) >= 11 is 0. The molecule has 2 rings (SSSR count). The van der Waals surface area contributed by atoms with Crippen LogP contribution in [-0.2, 0) is 0 Å². The van der Waals surface area contributed by atoms with E-state index in [2.05, 4.69) is 25.1 Å². The zero-order valence-corrected chi connectivity index (χ0v) is 8.66. The van der Waals surface area contributed by atoms with Crippen LogP contribution < -0.4 is 0 Å². The van der Waals surface area contributed by atoms with E-state index in [0.29, 0.717) is 5.92 Å². The highest BCUT2D eigenvalue weighted by atomic mass is 16.5. The van der Waals surface area contributed by atoms with Crippen molar-refractivity contribution in [2.75, 3.05) is 0 Å². The zero-order chi connectivity index (χ0) is 9.97. The highest BCUT2D eigenvalue weighted by molar-refractivity contribution is 5.79. The summed E-state index contributed by atoms with van der Waals surface area (Å²) in [7, 11) is 0. The van der Waals surface area contributed by atoms with E-state index in [1.165, 1.54) is 5.39 Å². The first-order valence-corrected chi connectivity index (χ1v) is 5.21. The first kappa shape index (κ1) is 9.25. The zero-order valence-electron chi connectivity index (χ0n) is 8.66.